The minimum absolute atomic E-state index is 0.244. The molecule has 3 N–H and O–H groups in total. The molecule has 0 saturated carbocycles. The molecule has 1 aromatic carbocycles. The standard InChI is InChI=1S/C19H26N4O3S2/c1-11-9-13-7-6-8-14(13)16(12(11)2)22-18(24)23-28(20,25)15-10-21-17(27-15)19(3,4)26-5/h9-10H,6-8H2,1-5H3,(H3,20,22,23,24,25). The first-order chi connectivity index (χ1) is 13.0. The molecule has 0 bridgehead atoms. The lowest BCUT2D eigenvalue weighted by molar-refractivity contribution is 0.0190. The molecule has 1 unspecified atom stereocenters. The van der Waals surface area contributed by atoms with Crippen LogP contribution in [0.1, 0.15) is 47.5 Å². The van der Waals surface area contributed by atoms with E-state index in [9.17, 15) is 9.00 Å². The Bertz CT molecular complexity index is 1050. The van der Waals surface area contributed by atoms with E-state index < -0.39 is 21.5 Å². The van der Waals surface area contributed by atoms with Crippen molar-refractivity contribution in [2.75, 3.05) is 12.4 Å². The van der Waals surface area contributed by atoms with Crippen LogP contribution < -0.4 is 10.5 Å². The molecule has 1 atom stereocenters. The third-order valence-corrected chi connectivity index (χ3v) is 8.35. The SMILES string of the molecule is COC(C)(C)c1ncc(S(N)(=O)=NC(=O)Nc2c(C)c(C)cc3c2CCC3)s1. The van der Waals surface area contributed by atoms with Gasteiger partial charge in [0.15, 0.2) is 9.92 Å². The van der Waals surface area contributed by atoms with E-state index in [0.717, 1.165) is 53.0 Å². The average molecular weight is 423 g/mol. The molecule has 1 heterocycles. The highest BCUT2D eigenvalue weighted by atomic mass is 32.2. The van der Waals surface area contributed by atoms with Gasteiger partial charge < -0.3 is 10.1 Å². The van der Waals surface area contributed by atoms with Crippen molar-refractivity contribution in [1.82, 2.24) is 4.98 Å². The summed E-state index contributed by atoms with van der Waals surface area (Å²) in [5, 5.41) is 9.34. The molecular formula is C19H26N4O3S2. The molecule has 152 valence electrons. The monoisotopic (exact) mass is 422 g/mol. The molecule has 1 aliphatic rings. The van der Waals surface area contributed by atoms with E-state index in [-0.39, 0.29) is 4.21 Å². The highest BCUT2D eigenvalue weighted by Gasteiger charge is 2.26. The summed E-state index contributed by atoms with van der Waals surface area (Å²) in [6.07, 6.45) is 4.37. The second-order valence-electron chi connectivity index (χ2n) is 7.47. The Morgan fingerprint density at radius 2 is 2.11 bits per heavy atom. The highest BCUT2D eigenvalue weighted by molar-refractivity contribution is 7.93. The van der Waals surface area contributed by atoms with Gasteiger partial charge in [-0.2, -0.15) is 0 Å². The first kappa shape index (κ1) is 20.9. The third kappa shape index (κ3) is 3.98. The molecule has 1 aliphatic carbocycles. The number of aryl methyl sites for hydroxylation is 2. The lowest BCUT2D eigenvalue weighted by atomic mass is 9.99. The first-order valence-corrected chi connectivity index (χ1v) is 11.4. The molecule has 0 radical (unpaired) electrons. The zero-order chi connectivity index (χ0) is 20.7. The summed E-state index contributed by atoms with van der Waals surface area (Å²) in [6, 6.07) is 1.46. The van der Waals surface area contributed by atoms with Gasteiger partial charge in [0.2, 0.25) is 0 Å². The number of carbonyl (C=O) groups is 1. The normalized spacial score (nSPS) is 15.8. The number of amides is 2. The Balaban J connectivity index is 1.90. The van der Waals surface area contributed by atoms with Crippen molar-refractivity contribution in [3.05, 3.63) is 39.5 Å². The summed E-state index contributed by atoms with van der Waals surface area (Å²) in [6.45, 7) is 7.67. The predicted octanol–water partition coefficient (Wildman–Crippen LogP) is 4.06. The summed E-state index contributed by atoms with van der Waals surface area (Å²) in [7, 11) is -1.83. The van der Waals surface area contributed by atoms with Crippen molar-refractivity contribution in [2.24, 2.45) is 9.50 Å². The number of nitrogens with two attached hydrogens (primary N) is 1. The minimum atomic E-state index is -3.40. The Labute approximate surface area is 170 Å². The highest BCUT2D eigenvalue weighted by Crippen LogP contribution is 2.34. The van der Waals surface area contributed by atoms with E-state index >= 15 is 0 Å². The van der Waals surface area contributed by atoms with E-state index in [1.807, 2.05) is 27.7 Å². The van der Waals surface area contributed by atoms with Crippen molar-refractivity contribution in [3.8, 4) is 0 Å². The Hall–Kier alpha value is -1.81. The molecule has 0 fully saturated rings. The maximum atomic E-state index is 12.9. The molecule has 7 nitrogen and oxygen atoms in total. The lowest BCUT2D eigenvalue weighted by Crippen LogP contribution is -2.19. The van der Waals surface area contributed by atoms with Crippen LogP contribution >= 0.6 is 11.3 Å². The van der Waals surface area contributed by atoms with Crippen LogP contribution in [0.2, 0.25) is 0 Å². The molecular weight excluding hydrogens is 396 g/mol. The largest absolute Gasteiger partial charge is 0.372 e. The molecule has 1 aromatic heterocycles. The van der Waals surface area contributed by atoms with Crippen LogP contribution in [0.15, 0.2) is 20.8 Å². The number of aromatic nitrogens is 1. The number of benzene rings is 1. The number of hydrogen-bond donors (Lipinski definition) is 2. The van der Waals surface area contributed by atoms with Crippen molar-refractivity contribution in [1.29, 1.82) is 0 Å². The number of urea groups is 1. The number of carbonyl (C=O) groups excluding carboxylic acids is 1. The second-order valence-corrected chi connectivity index (χ2v) is 10.5. The smallest absolute Gasteiger partial charge is 0.354 e. The molecule has 2 amide bonds. The van der Waals surface area contributed by atoms with Crippen LogP contribution in [-0.2, 0) is 33.1 Å². The maximum Gasteiger partial charge on any atom is 0.354 e. The van der Waals surface area contributed by atoms with Gasteiger partial charge in [-0.25, -0.2) is 19.1 Å². The average Bonchev–Trinajstić information content (AvgIpc) is 3.28. The van der Waals surface area contributed by atoms with Gasteiger partial charge in [0.1, 0.15) is 14.8 Å². The molecule has 2 aromatic rings. The Morgan fingerprint density at radius 3 is 2.79 bits per heavy atom. The van der Waals surface area contributed by atoms with E-state index in [4.69, 9.17) is 9.88 Å². The third-order valence-electron chi connectivity index (χ3n) is 5.17. The van der Waals surface area contributed by atoms with Crippen LogP contribution in [0.4, 0.5) is 10.5 Å². The molecule has 9 heteroatoms. The van der Waals surface area contributed by atoms with Crippen LogP contribution in [0.3, 0.4) is 0 Å². The van der Waals surface area contributed by atoms with Crippen LogP contribution in [0.5, 0.6) is 0 Å². The number of hydrogen-bond acceptors (Lipinski definition) is 5. The number of rotatable bonds is 4. The number of thiazole rings is 1. The molecule has 3 rings (SSSR count). The quantitative estimate of drug-likeness (QED) is 0.774. The fourth-order valence-electron chi connectivity index (χ4n) is 3.23. The topological polar surface area (TPSA) is 107 Å². The molecule has 28 heavy (non-hydrogen) atoms. The van der Waals surface area contributed by atoms with Crippen LogP contribution in [0, 0.1) is 13.8 Å². The van der Waals surface area contributed by atoms with Gasteiger partial charge in [-0.3, -0.25) is 0 Å². The number of ether oxygens (including phenoxy) is 1. The number of fused-ring (bicyclic) bond motifs is 1. The molecule has 0 saturated heterocycles. The molecule has 0 spiro atoms. The van der Waals surface area contributed by atoms with Gasteiger partial charge in [0.05, 0.1) is 6.20 Å². The lowest BCUT2D eigenvalue weighted by Gasteiger charge is -2.19. The van der Waals surface area contributed by atoms with E-state index in [0.29, 0.717) is 5.01 Å². The number of nitrogens with one attached hydrogen (secondary N) is 1. The fraction of sp³-hybridized carbons (Fsp3) is 0.474. The van der Waals surface area contributed by atoms with Gasteiger partial charge in [0, 0.05) is 12.8 Å². The number of anilines is 1. The Kier molecular flexibility index (Phi) is 5.64. The summed E-state index contributed by atoms with van der Waals surface area (Å²) in [5.74, 6) is 0. The maximum absolute atomic E-state index is 12.9. The van der Waals surface area contributed by atoms with E-state index in [2.05, 4.69) is 20.7 Å². The van der Waals surface area contributed by atoms with Gasteiger partial charge >= 0.3 is 6.03 Å². The predicted molar refractivity (Wildman–Crippen MR) is 112 cm³/mol. The summed E-state index contributed by atoms with van der Waals surface area (Å²) in [4.78, 5) is 16.8. The Morgan fingerprint density at radius 1 is 1.39 bits per heavy atom. The van der Waals surface area contributed by atoms with Gasteiger partial charge in [0.25, 0.3) is 0 Å². The summed E-state index contributed by atoms with van der Waals surface area (Å²) >= 11 is 1.14. The first-order valence-electron chi connectivity index (χ1n) is 9.04. The van der Waals surface area contributed by atoms with Crippen molar-refractivity contribution in [3.63, 3.8) is 0 Å². The van der Waals surface area contributed by atoms with E-state index in [1.165, 1.54) is 11.8 Å². The summed E-state index contributed by atoms with van der Waals surface area (Å²) < 4.78 is 22.3. The van der Waals surface area contributed by atoms with Crippen molar-refractivity contribution >= 4 is 33.0 Å². The second kappa shape index (κ2) is 7.55. The fourth-order valence-corrected chi connectivity index (χ4v) is 5.37. The van der Waals surface area contributed by atoms with Crippen molar-refractivity contribution in [2.45, 2.75) is 56.8 Å². The zero-order valence-corrected chi connectivity index (χ0v) is 18.4. The van der Waals surface area contributed by atoms with Crippen LogP contribution in [0.25, 0.3) is 0 Å². The number of nitrogens with zero attached hydrogens (tertiary/aromatic N) is 2. The van der Waals surface area contributed by atoms with Gasteiger partial charge in [-0.05, 0) is 69.2 Å². The minimum Gasteiger partial charge on any atom is -0.372 e. The molecule has 0 aliphatic heterocycles. The summed E-state index contributed by atoms with van der Waals surface area (Å²) in [5.41, 5.74) is 4.62. The zero-order valence-electron chi connectivity index (χ0n) is 16.8. The van der Waals surface area contributed by atoms with Gasteiger partial charge in [-0.15, -0.1) is 15.7 Å². The number of methoxy groups -OCH3 is 1. The van der Waals surface area contributed by atoms with Crippen molar-refractivity contribution < 1.29 is 13.7 Å². The van der Waals surface area contributed by atoms with Gasteiger partial charge in [-0.1, -0.05) is 6.07 Å². The van der Waals surface area contributed by atoms with Crippen LogP contribution in [-0.4, -0.2) is 22.3 Å². The van der Waals surface area contributed by atoms with E-state index in [1.54, 1.807) is 7.11 Å².